The van der Waals surface area contributed by atoms with Crippen LogP contribution in [0.1, 0.15) is 82.3 Å². The zero-order valence-electron chi connectivity index (χ0n) is 22.6. The van der Waals surface area contributed by atoms with Gasteiger partial charge in [0.05, 0.1) is 18.1 Å². The third-order valence-electron chi connectivity index (χ3n) is 6.35. The zero-order valence-corrected chi connectivity index (χ0v) is 24.3. The predicted molar refractivity (Wildman–Crippen MR) is 160 cm³/mol. The highest BCUT2D eigenvalue weighted by Gasteiger charge is 2.30. The molecule has 1 amide bonds. The van der Waals surface area contributed by atoms with Gasteiger partial charge >= 0.3 is 0 Å². The molecule has 9 heteroatoms. The van der Waals surface area contributed by atoms with E-state index in [1.807, 2.05) is 24.3 Å². The fourth-order valence-corrected chi connectivity index (χ4v) is 5.65. The maximum absolute atomic E-state index is 12.5. The van der Waals surface area contributed by atoms with Crippen molar-refractivity contribution in [2.75, 3.05) is 6.61 Å². The van der Waals surface area contributed by atoms with Crippen molar-refractivity contribution in [1.82, 2.24) is 5.32 Å². The molecule has 0 aromatic heterocycles. The summed E-state index contributed by atoms with van der Waals surface area (Å²) in [5.41, 5.74) is 1.79. The first kappa shape index (κ1) is 31.1. The Morgan fingerprint density at radius 3 is 2.23 bits per heavy atom. The summed E-state index contributed by atoms with van der Waals surface area (Å²) in [5.74, 6) is -1.74. The summed E-state index contributed by atoms with van der Waals surface area (Å²) in [7, 11) is 0. The lowest BCUT2D eigenvalue weighted by atomic mass is 10.1. The van der Waals surface area contributed by atoms with E-state index in [4.69, 9.17) is 4.74 Å². The van der Waals surface area contributed by atoms with Crippen LogP contribution in [0.15, 0.2) is 63.6 Å². The molecule has 1 atom stereocenters. The number of benzene rings is 2. The van der Waals surface area contributed by atoms with Crippen molar-refractivity contribution in [3.8, 4) is 5.75 Å². The lowest BCUT2D eigenvalue weighted by Crippen LogP contribution is -2.25. The van der Waals surface area contributed by atoms with Gasteiger partial charge < -0.3 is 10.1 Å². The summed E-state index contributed by atoms with van der Waals surface area (Å²) >= 11 is 1.83. The number of thioether (sulfide) groups is 2. The van der Waals surface area contributed by atoms with E-state index >= 15 is 0 Å². The number of hydrogen-bond donors (Lipinski definition) is 1. The minimum Gasteiger partial charge on any atom is -0.494 e. The molecule has 1 unspecified atom stereocenters. The van der Waals surface area contributed by atoms with E-state index < -0.39 is 5.76 Å². The molecule has 0 saturated carbocycles. The van der Waals surface area contributed by atoms with E-state index in [0.29, 0.717) is 28.2 Å². The standard InChI is InChI=1S/C30H39F2N3O2S2/c1-2-3-4-5-6-7-8-9-10-11-20-37-25-16-12-24(13-17-25)22-33-35-30-34-28(36)27(39-30)21-23-14-18-26(19-15-23)38-29(31)32/h12-19,22,27,29H,2-11,20-21H2,1H3,(H,34,35,36)/b33-22+. The van der Waals surface area contributed by atoms with Crippen LogP contribution in [0.4, 0.5) is 8.78 Å². The molecule has 1 aliphatic heterocycles. The number of rotatable bonds is 18. The van der Waals surface area contributed by atoms with E-state index in [1.165, 1.54) is 69.5 Å². The number of halogens is 2. The molecule has 1 fully saturated rings. The molecule has 212 valence electrons. The summed E-state index contributed by atoms with van der Waals surface area (Å²) < 4.78 is 30.8. The predicted octanol–water partition coefficient (Wildman–Crippen LogP) is 8.47. The van der Waals surface area contributed by atoms with Crippen LogP contribution in [0.25, 0.3) is 0 Å². The Kier molecular flexibility index (Phi) is 14.4. The van der Waals surface area contributed by atoms with Crippen molar-refractivity contribution in [1.29, 1.82) is 0 Å². The maximum atomic E-state index is 12.5. The largest absolute Gasteiger partial charge is 0.494 e. The number of nitrogens with one attached hydrogen (secondary N) is 1. The van der Waals surface area contributed by atoms with E-state index in [-0.39, 0.29) is 11.2 Å². The highest BCUT2D eigenvalue weighted by Crippen LogP contribution is 2.27. The minimum atomic E-state index is -2.45. The van der Waals surface area contributed by atoms with Gasteiger partial charge in [-0.05, 0) is 60.4 Å². The summed E-state index contributed by atoms with van der Waals surface area (Å²) in [5, 5.41) is 11.1. The quantitative estimate of drug-likeness (QED) is 0.0838. The van der Waals surface area contributed by atoms with Gasteiger partial charge in [0.2, 0.25) is 5.91 Å². The van der Waals surface area contributed by atoms with E-state index in [2.05, 4.69) is 22.4 Å². The first-order valence-electron chi connectivity index (χ1n) is 13.9. The van der Waals surface area contributed by atoms with Crippen LogP contribution in [-0.4, -0.2) is 34.9 Å². The average molecular weight is 576 g/mol. The van der Waals surface area contributed by atoms with Crippen LogP contribution in [0, 0.1) is 0 Å². The van der Waals surface area contributed by atoms with Gasteiger partial charge in [-0.2, -0.15) is 13.9 Å². The van der Waals surface area contributed by atoms with Crippen LogP contribution in [0.2, 0.25) is 0 Å². The number of amides is 1. The minimum absolute atomic E-state index is 0.135. The van der Waals surface area contributed by atoms with Crippen molar-refractivity contribution in [2.24, 2.45) is 10.2 Å². The number of alkyl halides is 2. The molecule has 1 aliphatic rings. The SMILES string of the molecule is CCCCCCCCCCCCOc1ccc(/C=N/N=C2\NC(=O)C(Cc3ccc(SC(F)F)cc3)S2)cc1. The molecule has 0 spiro atoms. The van der Waals surface area contributed by atoms with Crippen LogP contribution in [0.3, 0.4) is 0 Å². The number of carbonyl (C=O) groups is 1. The Bertz CT molecular complexity index is 1050. The van der Waals surface area contributed by atoms with Crippen molar-refractivity contribution >= 4 is 40.8 Å². The Balaban J connectivity index is 1.32. The third-order valence-corrected chi connectivity index (χ3v) is 8.14. The van der Waals surface area contributed by atoms with E-state index in [1.54, 1.807) is 30.5 Å². The van der Waals surface area contributed by atoms with Gasteiger partial charge in [-0.1, -0.05) is 100 Å². The highest BCUT2D eigenvalue weighted by atomic mass is 32.2. The second-order valence-corrected chi connectivity index (χ2v) is 11.8. The maximum Gasteiger partial charge on any atom is 0.288 e. The molecule has 0 aliphatic carbocycles. The molecule has 2 aromatic carbocycles. The number of ether oxygens (including phenoxy) is 1. The Morgan fingerprint density at radius 1 is 0.949 bits per heavy atom. The molecular formula is C30H39F2N3O2S2. The normalized spacial score (nSPS) is 16.5. The molecule has 3 rings (SSSR count). The fraction of sp³-hybridized carbons (Fsp3) is 0.500. The van der Waals surface area contributed by atoms with Crippen LogP contribution >= 0.6 is 23.5 Å². The molecule has 0 bridgehead atoms. The zero-order chi connectivity index (χ0) is 27.7. The summed E-state index contributed by atoms with van der Waals surface area (Å²) in [6.07, 6.45) is 15.2. The Labute approximate surface area is 239 Å². The molecule has 5 nitrogen and oxygen atoms in total. The monoisotopic (exact) mass is 575 g/mol. The number of carbonyl (C=O) groups excluding carboxylic acids is 1. The van der Waals surface area contributed by atoms with Gasteiger partial charge in [-0.15, -0.1) is 5.10 Å². The highest BCUT2D eigenvalue weighted by molar-refractivity contribution is 8.15. The number of hydrogen-bond acceptors (Lipinski definition) is 6. The molecule has 0 radical (unpaired) electrons. The van der Waals surface area contributed by atoms with Gasteiger partial charge in [0.25, 0.3) is 5.76 Å². The van der Waals surface area contributed by atoms with Gasteiger partial charge in [-0.25, -0.2) is 0 Å². The molecule has 1 saturated heterocycles. The first-order valence-corrected chi connectivity index (χ1v) is 15.6. The number of nitrogens with zero attached hydrogens (tertiary/aromatic N) is 2. The van der Waals surface area contributed by atoms with Gasteiger partial charge in [0, 0.05) is 4.90 Å². The Hall–Kier alpha value is -2.39. The second-order valence-electron chi connectivity index (χ2n) is 9.57. The third kappa shape index (κ3) is 12.6. The van der Waals surface area contributed by atoms with Crippen LogP contribution in [0.5, 0.6) is 5.75 Å². The molecule has 1 heterocycles. The van der Waals surface area contributed by atoms with Crippen molar-refractivity contribution in [3.05, 3.63) is 59.7 Å². The summed E-state index contributed by atoms with van der Waals surface area (Å²) in [6, 6.07) is 14.6. The average Bonchev–Trinajstić information content (AvgIpc) is 3.27. The number of unbranched alkanes of at least 4 members (excludes halogenated alkanes) is 9. The summed E-state index contributed by atoms with van der Waals surface area (Å²) in [6.45, 7) is 2.99. The smallest absolute Gasteiger partial charge is 0.288 e. The lowest BCUT2D eigenvalue weighted by molar-refractivity contribution is -0.118. The lowest BCUT2D eigenvalue weighted by Gasteiger charge is -2.06. The topological polar surface area (TPSA) is 63.1 Å². The van der Waals surface area contributed by atoms with Crippen molar-refractivity contribution in [2.45, 2.75) is 93.5 Å². The van der Waals surface area contributed by atoms with Crippen LogP contribution in [-0.2, 0) is 11.2 Å². The van der Waals surface area contributed by atoms with E-state index in [0.717, 1.165) is 29.9 Å². The fourth-order valence-electron chi connectivity index (χ4n) is 4.19. The van der Waals surface area contributed by atoms with Crippen molar-refractivity contribution in [3.63, 3.8) is 0 Å². The molecule has 1 N–H and O–H groups in total. The van der Waals surface area contributed by atoms with Gasteiger partial charge in [0.15, 0.2) is 5.17 Å². The molecule has 2 aromatic rings. The first-order chi connectivity index (χ1) is 19.0. The summed E-state index contributed by atoms with van der Waals surface area (Å²) in [4.78, 5) is 12.8. The molecule has 39 heavy (non-hydrogen) atoms. The Morgan fingerprint density at radius 2 is 1.59 bits per heavy atom. The van der Waals surface area contributed by atoms with E-state index in [9.17, 15) is 13.6 Å². The molecular weight excluding hydrogens is 536 g/mol. The van der Waals surface area contributed by atoms with Gasteiger partial charge in [-0.3, -0.25) is 4.79 Å². The number of amidine groups is 1. The van der Waals surface area contributed by atoms with Gasteiger partial charge in [0.1, 0.15) is 5.75 Å². The van der Waals surface area contributed by atoms with Crippen molar-refractivity contribution < 1.29 is 18.3 Å². The second kappa shape index (κ2) is 18.1. The van der Waals surface area contributed by atoms with Crippen LogP contribution < -0.4 is 10.1 Å².